The SMILES string of the molecule is Cc1cc(C(=O)NCC2NCCCC2C)n(C)n1. The fraction of sp³-hybridized carbons (Fsp3) is 0.692. The van der Waals surface area contributed by atoms with Gasteiger partial charge in [-0.15, -0.1) is 0 Å². The summed E-state index contributed by atoms with van der Waals surface area (Å²) >= 11 is 0. The maximum absolute atomic E-state index is 12.0. The van der Waals surface area contributed by atoms with Gasteiger partial charge in [0.15, 0.2) is 0 Å². The molecule has 1 aliphatic heterocycles. The lowest BCUT2D eigenvalue weighted by atomic mass is 9.93. The predicted octanol–water partition coefficient (Wildman–Crippen LogP) is 0.846. The van der Waals surface area contributed by atoms with Crippen molar-refractivity contribution in [2.75, 3.05) is 13.1 Å². The lowest BCUT2D eigenvalue weighted by molar-refractivity contribution is 0.0934. The van der Waals surface area contributed by atoms with Crippen LogP contribution in [0.2, 0.25) is 0 Å². The second kappa shape index (κ2) is 5.52. The molecule has 1 fully saturated rings. The van der Waals surface area contributed by atoms with Crippen molar-refractivity contribution in [1.82, 2.24) is 20.4 Å². The maximum Gasteiger partial charge on any atom is 0.269 e. The minimum absolute atomic E-state index is 0.0438. The van der Waals surface area contributed by atoms with Gasteiger partial charge in [-0.2, -0.15) is 5.10 Å². The molecule has 1 amide bonds. The van der Waals surface area contributed by atoms with Crippen LogP contribution < -0.4 is 10.6 Å². The zero-order chi connectivity index (χ0) is 13.1. The Morgan fingerprint density at radius 2 is 2.44 bits per heavy atom. The zero-order valence-electron chi connectivity index (χ0n) is 11.4. The molecule has 2 N–H and O–H groups in total. The van der Waals surface area contributed by atoms with Gasteiger partial charge in [-0.25, -0.2) is 0 Å². The van der Waals surface area contributed by atoms with E-state index in [1.807, 2.05) is 13.0 Å². The second-order valence-electron chi connectivity index (χ2n) is 5.18. The Morgan fingerprint density at radius 3 is 3.06 bits per heavy atom. The van der Waals surface area contributed by atoms with Crippen LogP contribution in [0.15, 0.2) is 6.07 Å². The molecule has 1 aliphatic rings. The molecule has 2 atom stereocenters. The van der Waals surface area contributed by atoms with Gasteiger partial charge in [-0.1, -0.05) is 6.92 Å². The minimum atomic E-state index is -0.0438. The topological polar surface area (TPSA) is 59.0 Å². The number of aromatic nitrogens is 2. The van der Waals surface area contributed by atoms with E-state index in [4.69, 9.17) is 0 Å². The van der Waals surface area contributed by atoms with Crippen LogP contribution in [0.4, 0.5) is 0 Å². The lowest BCUT2D eigenvalue weighted by Crippen LogP contribution is -2.48. The van der Waals surface area contributed by atoms with E-state index in [1.165, 1.54) is 12.8 Å². The smallest absolute Gasteiger partial charge is 0.269 e. The van der Waals surface area contributed by atoms with Gasteiger partial charge in [0.25, 0.3) is 5.91 Å². The molecule has 5 nitrogen and oxygen atoms in total. The molecule has 1 aromatic heterocycles. The van der Waals surface area contributed by atoms with E-state index in [0.717, 1.165) is 12.2 Å². The summed E-state index contributed by atoms with van der Waals surface area (Å²) in [4.78, 5) is 12.0. The molecule has 0 radical (unpaired) electrons. The van der Waals surface area contributed by atoms with Crippen LogP contribution in [0, 0.1) is 12.8 Å². The number of rotatable bonds is 3. The third-order valence-corrected chi connectivity index (χ3v) is 3.65. The van der Waals surface area contributed by atoms with E-state index in [1.54, 1.807) is 11.7 Å². The summed E-state index contributed by atoms with van der Waals surface area (Å²) in [5.41, 5.74) is 1.49. The van der Waals surface area contributed by atoms with Crippen molar-refractivity contribution >= 4 is 5.91 Å². The van der Waals surface area contributed by atoms with Crippen molar-refractivity contribution in [3.8, 4) is 0 Å². The molecule has 0 bridgehead atoms. The van der Waals surface area contributed by atoms with Crippen molar-refractivity contribution in [3.63, 3.8) is 0 Å². The largest absolute Gasteiger partial charge is 0.349 e. The molecule has 0 aliphatic carbocycles. The van der Waals surface area contributed by atoms with Crippen LogP contribution >= 0.6 is 0 Å². The third-order valence-electron chi connectivity index (χ3n) is 3.65. The summed E-state index contributed by atoms with van der Waals surface area (Å²) < 4.78 is 1.63. The fourth-order valence-corrected chi connectivity index (χ4v) is 2.50. The molecule has 5 heteroatoms. The standard InChI is InChI=1S/C13H22N4O/c1-9-5-4-6-14-11(9)8-15-13(18)12-7-10(2)16-17(12)3/h7,9,11,14H,4-6,8H2,1-3H3,(H,15,18). The average molecular weight is 250 g/mol. The van der Waals surface area contributed by atoms with Crippen molar-refractivity contribution in [2.45, 2.75) is 32.7 Å². The minimum Gasteiger partial charge on any atom is -0.349 e. The van der Waals surface area contributed by atoms with Gasteiger partial charge in [-0.3, -0.25) is 9.48 Å². The van der Waals surface area contributed by atoms with Crippen LogP contribution in [0.5, 0.6) is 0 Å². The zero-order valence-corrected chi connectivity index (χ0v) is 11.4. The first kappa shape index (κ1) is 13.1. The predicted molar refractivity (Wildman–Crippen MR) is 70.5 cm³/mol. The van der Waals surface area contributed by atoms with Gasteiger partial charge in [0.05, 0.1) is 5.69 Å². The molecule has 2 unspecified atom stereocenters. The van der Waals surface area contributed by atoms with Crippen molar-refractivity contribution in [2.24, 2.45) is 13.0 Å². The van der Waals surface area contributed by atoms with E-state index in [9.17, 15) is 4.79 Å². The average Bonchev–Trinajstić information content (AvgIpc) is 2.67. The Bertz CT molecular complexity index is 427. The Labute approximate surface area is 108 Å². The normalized spacial score (nSPS) is 23.9. The molecule has 1 saturated heterocycles. The van der Waals surface area contributed by atoms with Crippen LogP contribution in [-0.4, -0.2) is 34.8 Å². The number of nitrogens with one attached hydrogen (secondary N) is 2. The number of hydrogen-bond acceptors (Lipinski definition) is 3. The van der Waals surface area contributed by atoms with Crippen molar-refractivity contribution < 1.29 is 4.79 Å². The summed E-state index contributed by atoms with van der Waals surface area (Å²) in [6, 6.07) is 2.20. The summed E-state index contributed by atoms with van der Waals surface area (Å²) in [6.45, 7) is 5.86. The highest BCUT2D eigenvalue weighted by molar-refractivity contribution is 5.92. The highest BCUT2D eigenvalue weighted by Gasteiger charge is 2.21. The first-order valence-corrected chi connectivity index (χ1v) is 6.60. The Balaban J connectivity index is 1.90. The third kappa shape index (κ3) is 2.90. The quantitative estimate of drug-likeness (QED) is 0.836. The number of carbonyl (C=O) groups is 1. The molecule has 1 aromatic rings. The maximum atomic E-state index is 12.0. The molecule has 2 rings (SSSR count). The van der Waals surface area contributed by atoms with Gasteiger partial charge in [0, 0.05) is 19.6 Å². The van der Waals surface area contributed by atoms with Crippen LogP contribution in [0.1, 0.15) is 35.9 Å². The lowest BCUT2D eigenvalue weighted by Gasteiger charge is -2.30. The first-order valence-electron chi connectivity index (χ1n) is 6.60. The van der Waals surface area contributed by atoms with Crippen LogP contribution in [-0.2, 0) is 7.05 Å². The van der Waals surface area contributed by atoms with Gasteiger partial charge >= 0.3 is 0 Å². The summed E-state index contributed by atoms with van der Waals surface area (Å²) in [7, 11) is 1.80. The monoisotopic (exact) mass is 250 g/mol. The van der Waals surface area contributed by atoms with Crippen LogP contribution in [0.3, 0.4) is 0 Å². The number of piperidine rings is 1. The highest BCUT2D eigenvalue weighted by atomic mass is 16.2. The Kier molecular flexibility index (Phi) is 4.01. The molecule has 100 valence electrons. The molecular formula is C13H22N4O. The number of nitrogens with zero attached hydrogens (tertiary/aromatic N) is 2. The van der Waals surface area contributed by atoms with Gasteiger partial charge in [0.2, 0.25) is 0 Å². The fourth-order valence-electron chi connectivity index (χ4n) is 2.50. The van der Waals surface area contributed by atoms with E-state index in [-0.39, 0.29) is 5.91 Å². The van der Waals surface area contributed by atoms with E-state index in [2.05, 4.69) is 22.7 Å². The molecule has 18 heavy (non-hydrogen) atoms. The first-order chi connectivity index (χ1) is 8.58. The molecule has 0 spiro atoms. The van der Waals surface area contributed by atoms with E-state index in [0.29, 0.717) is 24.2 Å². The molecule has 0 saturated carbocycles. The van der Waals surface area contributed by atoms with Crippen molar-refractivity contribution in [3.05, 3.63) is 17.5 Å². The molecule has 0 aromatic carbocycles. The van der Waals surface area contributed by atoms with Gasteiger partial charge < -0.3 is 10.6 Å². The number of carbonyl (C=O) groups excluding carboxylic acids is 1. The second-order valence-corrected chi connectivity index (χ2v) is 5.18. The molecule has 2 heterocycles. The van der Waals surface area contributed by atoms with Gasteiger partial charge in [0.1, 0.15) is 5.69 Å². The van der Waals surface area contributed by atoms with E-state index >= 15 is 0 Å². The Hall–Kier alpha value is -1.36. The number of hydrogen-bond donors (Lipinski definition) is 2. The van der Waals surface area contributed by atoms with Crippen LogP contribution in [0.25, 0.3) is 0 Å². The summed E-state index contributed by atoms with van der Waals surface area (Å²) in [5.74, 6) is 0.574. The molecular weight excluding hydrogens is 228 g/mol. The van der Waals surface area contributed by atoms with Crippen molar-refractivity contribution in [1.29, 1.82) is 0 Å². The number of amides is 1. The Morgan fingerprint density at radius 1 is 1.67 bits per heavy atom. The highest BCUT2D eigenvalue weighted by Crippen LogP contribution is 2.14. The van der Waals surface area contributed by atoms with Gasteiger partial charge in [-0.05, 0) is 38.3 Å². The summed E-state index contributed by atoms with van der Waals surface area (Å²) in [5, 5.41) is 10.6. The summed E-state index contributed by atoms with van der Waals surface area (Å²) in [6.07, 6.45) is 2.46. The van der Waals surface area contributed by atoms with E-state index < -0.39 is 0 Å². The number of aryl methyl sites for hydroxylation is 2.